The van der Waals surface area contributed by atoms with Crippen LogP contribution in [-0.4, -0.2) is 70.0 Å². The molecule has 0 spiro atoms. The maximum atomic E-state index is 5.69. The maximum absolute atomic E-state index is 5.69. The first-order valence-electron chi connectivity index (χ1n) is 10.1. The van der Waals surface area contributed by atoms with Crippen molar-refractivity contribution in [2.75, 3.05) is 47.0 Å². The Labute approximate surface area is 187 Å². The summed E-state index contributed by atoms with van der Waals surface area (Å²) in [6.45, 7) is 7.21. The number of halogens is 1. The Balaban J connectivity index is 0.00000392. The van der Waals surface area contributed by atoms with Gasteiger partial charge in [0.25, 0.3) is 0 Å². The third kappa shape index (κ3) is 10.0. The number of hydrogen-bond acceptors (Lipinski definition) is 4. The summed E-state index contributed by atoms with van der Waals surface area (Å²) < 4.78 is 11.2. The number of guanidine groups is 1. The lowest BCUT2D eigenvalue weighted by atomic mass is 10.2. The summed E-state index contributed by atoms with van der Waals surface area (Å²) in [7, 11) is 3.96. The molecule has 0 amide bonds. The zero-order chi connectivity index (χ0) is 19.3. The molecule has 6 nitrogen and oxygen atoms in total. The van der Waals surface area contributed by atoms with Crippen molar-refractivity contribution in [3.8, 4) is 0 Å². The highest BCUT2D eigenvalue weighted by Gasteiger charge is 2.15. The van der Waals surface area contributed by atoms with Crippen molar-refractivity contribution < 1.29 is 9.47 Å². The van der Waals surface area contributed by atoms with Gasteiger partial charge in [0.2, 0.25) is 0 Å². The van der Waals surface area contributed by atoms with E-state index in [9.17, 15) is 0 Å². The van der Waals surface area contributed by atoms with Crippen molar-refractivity contribution >= 4 is 29.9 Å². The van der Waals surface area contributed by atoms with Crippen molar-refractivity contribution in [3.63, 3.8) is 0 Å². The number of nitrogens with one attached hydrogen (secondary N) is 2. The van der Waals surface area contributed by atoms with Gasteiger partial charge in [-0.05, 0) is 38.8 Å². The topological polar surface area (TPSA) is 58.1 Å². The van der Waals surface area contributed by atoms with E-state index in [0.29, 0.717) is 12.1 Å². The minimum atomic E-state index is 0. The van der Waals surface area contributed by atoms with Crippen molar-refractivity contribution in [2.45, 2.75) is 44.9 Å². The fourth-order valence-corrected chi connectivity index (χ4v) is 3.02. The average Bonchev–Trinajstić information content (AvgIpc) is 3.20. The lowest BCUT2D eigenvalue weighted by Gasteiger charge is -2.25. The molecule has 1 aromatic carbocycles. The first-order valence-corrected chi connectivity index (χ1v) is 10.1. The molecule has 1 aliphatic rings. The summed E-state index contributed by atoms with van der Waals surface area (Å²) >= 11 is 0. The van der Waals surface area contributed by atoms with Crippen LogP contribution in [0.15, 0.2) is 35.3 Å². The summed E-state index contributed by atoms with van der Waals surface area (Å²) in [5.41, 5.74) is 1.33. The van der Waals surface area contributed by atoms with Crippen LogP contribution in [0.2, 0.25) is 0 Å². The fraction of sp³-hybridized carbons (Fsp3) is 0.667. The van der Waals surface area contributed by atoms with Crippen LogP contribution in [-0.2, 0) is 16.0 Å². The molecule has 2 atom stereocenters. The molecule has 7 heteroatoms. The minimum Gasteiger partial charge on any atom is -0.379 e. The second kappa shape index (κ2) is 15.0. The highest BCUT2D eigenvalue weighted by molar-refractivity contribution is 14.0. The first-order chi connectivity index (χ1) is 13.2. The highest BCUT2D eigenvalue weighted by Crippen LogP contribution is 2.11. The van der Waals surface area contributed by atoms with Crippen LogP contribution in [0.5, 0.6) is 0 Å². The second-order valence-electron chi connectivity index (χ2n) is 7.19. The van der Waals surface area contributed by atoms with Gasteiger partial charge in [0.1, 0.15) is 0 Å². The molecule has 0 aromatic heterocycles. The summed E-state index contributed by atoms with van der Waals surface area (Å²) in [6, 6.07) is 11.0. The van der Waals surface area contributed by atoms with Gasteiger partial charge >= 0.3 is 0 Å². The van der Waals surface area contributed by atoms with Gasteiger partial charge in [0, 0.05) is 45.9 Å². The monoisotopic (exact) mass is 504 g/mol. The van der Waals surface area contributed by atoms with Crippen molar-refractivity contribution in [2.24, 2.45) is 4.99 Å². The van der Waals surface area contributed by atoms with Crippen LogP contribution in [0, 0.1) is 0 Å². The summed E-state index contributed by atoms with van der Waals surface area (Å²) in [4.78, 5) is 6.64. The zero-order valence-corrected chi connectivity index (χ0v) is 19.9. The van der Waals surface area contributed by atoms with E-state index in [-0.39, 0.29) is 24.0 Å². The van der Waals surface area contributed by atoms with Crippen LogP contribution in [0.25, 0.3) is 0 Å². The Morgan fingerprint density at radius 3 is 2.79 bits per heavy atom. The number of ether oxygens (including phenoxy) is 2. The van der Waals surface area contributed by atoms with Gasteiger partial charge in [0.15, 0.2) is 5.96 Å². The van der Waals surface area contributed by atoms with Crippen LogP contribution in [0.3, 0.4) is 0 Å². The first kappa shape index (κ1) is 25.1. The van der Waals surface area contributed by atoms with Gasteiger partial charge in [-0.3, -0.25) is 9.89 Å². The SMILES string of the molecule is CN=C(NCCCOCC1CCCO1)NCC(C)N(C)Cc1ccccc1.I. The van der Waals surface area contributed by atoms with Gasteiger partial charge in [0.05, 0.1) is 12.7 Å². The summed E-state index contributed by atoms with van der Waals surface area (Å²) in [5, 5.41) is 6.76. The van der Waals surface area contributed by atoms with Crippen LogP contribution < -0.4 is 10.6 Å². The molecule has 0 saturated carbocycles. The molecule has 1 saturated heterocycles. The molecule has 2 rings (SSSR count). The van der Waals surface area contributed by atoms with Crippen molar-refractivity contribution in [1.29, 1.82) is 0 Å². The zero-order valence-electron chi connectivity index (χ0n) is 17.5. The highest BCUT2D eigenvalue weighted by atomic mass is 127. The van der Waals surface area contributed by atoms with Crippen molar-refractivity contribution in [3.05, 3.63) is 35.9 Å². The van der Waals surface area contributed by atoms with E-state index < -0.39 is 0 Å². The fourth-order valence-electron chi connectivity index (χ4n) is 3.02. The molecule has 160 valence electrons. The molecule has 0 bridgehead atoms. The number of hydrogen-bond donors (Lipinski definition) is 2. The number of nitrogens with zero attached hydrogens (tertiary/aromatic N) is 2. The lowest BCUT2D eigenvalue weighted by molar-refractivity contribution is 0.0168. The Hall–Kier alpha value is -0.900. The van der Waals surface area contributed by atoms with E-state index in [1.54, 1.807) is 0 Å². The summed E-state index contributed by atoms with van der Waals surface area (Å²) in [5.74, 6) is 0.842. The standard InChI is InChI=1S/C21H36N4O2.HI/c1-18(25(3)16-19-9-5-4-6-10-19)15-24-21(22-2)23-12-8-13-26-17-20-11-7-14-27-20;/h4-6,9-10,18,20H,7-8,11-17H2,1-3H3,(H2,22,23,24);1H. The van der Waals surface area contributed by atoms with Crippen molar-refractivity contribution in [1.82, 2.24) is 15.5 Å². The van der Waals surface area contributed by atoms with E-state index in [0.717, 1.165) is 64.7 Å². The van der Waals surface area contributed by atoms with Crippen LogP contribution in [0.4, 0.5) is 0 Å². The normalized spacial score (nSPS) is 18.0. The average molecular weight is 504 g/mol. The van der Waals surface area contributed by atoms with E-state index >= 15 is 0 Å². The number of rotatable bonds is 11. The quantitative estimate of drug-likeness (QED) is 0.210. The van der Waals surface area contributed by atoms with Gasteiger partial charge in [-0.25, -0.2) is 0 Å². The van der Waals surface area contributed by atoms with Gasteiger partial charge in [-0.1, -0.05) is 30.3 Å². The third-order valence-electron chi connectivity index (χ3n) is 4.90. The Bertz CT molecular complexity index is 538. The Morgan fingerprint density at radius 1 is 1.32 bits per heavy atom. The lowest BCUT2D eigenvalue weighted by Crippen LogP contribution is -2.45. The molecule has 2 unspecified atom stereocenters. The molecule has 1 heterocycles. The Morgan fingerprint density at radius 2 is 2.11 bits per heavy atom. The second-order valence-corrected chi connectivity index (χ2v) is 7.19. The number of benzene rings is 1. The van der Waals surface area contributed by atoms with E-state index in [4.69, 9.17) is 9.47 Å². The van der Waals surface area contributed by atoms with E-state index in [1.807, 2.05) is 7.05 Å². The molecule has 2 N–H and O–H groups in total. The van der Waals surface area contributed by atoms with Gasteiger partial charge in [-0.15, -0.1) is 24.0 Å². The largest absolute Gasteiger partial charge is 0.379 e. The molecule has 28 heavy (non-hydrogen) atoms. The van der Waals surface area contributed by atoms with Gasteiger partial charge < -0.3 is 20.1 Å². The molecule has 1 fully saturated rings. The molecular formula is C21H37IN4O2. The van der Waals surface area contributed by atoms with E-state index in [1.165, 1.54) is 5.56 Å². The van der Waals surface area contributed by atoms with Gasteiger partial charge in [-0.2, -0.15) is 0 Å². The molecular weight excluding hydrogens is 467 g/mol. The third-order valence-corrected chi connectivity index (χ3v) is 4.90. The number of aliphatic imine (C=N–C) groups is 1. The predicted octanol–water partition coefficient (Wildman–Crippen LogP) is 2.88. The van der Waals surface area contributed by atoms with Crippen LogP contribution in [0.1, 0.15) is 31.7 Å². The van der Waals surface area contributed by atoms with Crippen LogP contribution >= 0.6 is 24.0 Å². The molecule has 1 aromatic rings. The Kier molecular flexibility index (Phi) is 13.5. The summed E-state index contributed by atoms with van der Waals surface area (Å²) in [6.07, 6.45) is 3.56. The molecule has 0 aliphatic carbocycles. The number of likely N-dealkylation sites (N-methyl/N-ethyl adjacent to an activating group) is 1. The molecule has 0 radical (unpaired) electrons. The smallest absolute Gasteiger partial charge is 0.191 e. The minimum absolute atomic E-state index is 0. The molecule has 1 aliphatic heterocycles. The van der Waals surface area contributed by atoms with E-state index in [2.05, 4.69) is 64.8 Å². The predicted molar refractivity (Wildman–Crippen MR) is 127 cm³/mol. The maximum Gasteiger partial charge on any atom is 0.191 e.